The van der Waals surface area contributed by atoms with Crippen LogP contribution in [0.15, 0.2) is 78.9 Å². The van der Waals surface area contributed by atoms with Gasteiger partial charge in [-0.05, 0) is 35.4 Å². The third-order valence-corrected chi connectivity index (χ3v) is 6.17. The second-order valence-corrected chi connectivity index (χ2v) is 8.08. The summed E-state index contributed by atoms with van der Waals surface area (Å²) in [5.74, 6) is 2.36. The molecule has 3 aromatic rings. The van der Waals surface area contributed by atoms with Crippen LogP contribution < -0.4 is 14.8 Å². The Kier molecular flexibility index (Phi) is 6.44. The molecule has 1 heterocycles. The van der Waals surface area contributed by atoms with Gasteiger partial charge in [-0.1, -0.05) is 54.6 Å². The van der Waals surface area contributed by atoms with E-state index in [1.165, 1.54) is 0 Å². The summed E-state index contributed by atoms with van der Waals surface area (Å²) in [6.45, 7) is 1.23. The molecular weight excluding hydrogens is 396 g/mol. The number of thioether (sulfide) groups is 1. The lowest BCUT2D eigenvalue weighted by molar-refractivity contribution is 0.214. The highest BCUT2D eigenvalue weighted by Crippen LogP contribution is 2.39. The Morgan fingerprint density at radius 2 is 1.77 bits per heavy atom. The van der Waals surface area contributed by atoms with Crippen molar-refractivity contribution in [3.63, 3.8) is 0 Å². The second-order valence-electron chi connectivity index (χ2n) is 6.89. The number of rotatable bonds is 6. The molecular formula is C24H24N2O3S. The zero-order valence-corrected chi connectivity index (χ0v) is 17.6. The van der Waals surface area contributed by atoms with Crippen LogP contribution in [-0.4, -0.2) is 30.3 Å². The highest BCUT2D eigenvalue weighted by Gasteiger charge is 2.31. The lowest BCUT2D eigenvalue weighted by Gasteiger charge is -2.25. The Labute approximate surface area is 181 Å². The normalized spacial score (nSPS) is 15.6. The molecule has 0 bridgehead atoms. The fourth-order valence-electron chi connectivity index (χ4n) is 3.36. The summed E-state index contributed by atoms with van der Waals surface area (Å²) in [5, 5.41) is 2.95. The number of carbonyl (C=O) groups is 1. The molecule has 0 aliphatic carbocycles. The van der Waals surface area contributed by atoms with Gasteiger partial charge in [-0.3, -0.25) is 0 Å². The van der Waals surface area contributed by atoms with Crippen LogP contribution in [0.4, 0.5) is 10.5 Å². The molecule has 1 N–H and O–H groups in total. The van der Waals surface area contributed by atoms with E-state index in [4.69, 9.17) is 9.47 Å². The Bertz CT molecular complexity index is 979. The first kappa shape index (κ1) is 20.2. The molecule has 0 unspecified atom stereocenters. The number of hydrogen-bond acceptors (Lipinski definition) is 4. The van der Waals surface area contributed by atoms with E-state index in [1.54, 1.807) is 18.9 Å². The van der Waals surface area contributed by atoms with E-state index >= 15 is 0 Å². The van der Waals surface area contributed by atoms with Gasteiger partial charge >= 0.3 is 6.03 Å². The quantitative estimate of drug-likeness (QED) is 0.568. The first-order valence-corrected chi connectivity index (χ1v) is 10.9. The van der Waals surface area contributed by atoms with Crippen molar-refractivity contribution in [2.75, 3.05) is 24.7 Å². The van der Waals surface area contributed by atoms with Gasteiger partial charge in [0.15, 0.2) is 0 Å². The fourth-order valence-corrected chi connectivity index (χ4v) is 4.61. The van der Waals surface area contributed by atoms with Crippen LogP contribution in [-0.2, 0) is 6.61 Å². The van der Waals surface area contributed by atoms with Crippen LogP contribution in [0.5, 0.6) is 11.5 Å². The molecule has 6 heteroatoms. The van der Waals surface area contributed by atoms with Gasteiger partial charge in [-0.2, -0.15) is 0 Å². The summed E-state index contributed by atoms with van der Waals surface area (Å²) in [6.07, 6.45) is 0. The lowest BCUT2D eigenvalue weighted by Crippen LogP contribution is -2.34. The molecule has 4 rings (SSSR count). The van der Waals surface area contributed by atoms with Gasteiger partial charge in [0.05, 0.1) is 12.8 Å². The summed E-state index contributed by atoms with van der Waals surface area (Å²) in [6, 6.07) is 25.4. The maximum atomic E-state index is 12.9. The average Bonchev–Trinajstić information content (AvgIpc) is 3.29. The van der Waals surface area contributed by atoms with Gasteiger partial charge in [0.25, 0.3) is 0 Å². The van der Waals surface area contributed by atoms with Crippen molar-refractivity contribution >= 4 is 23.5 Å². The van der Waals surface area contributed by atoms with Gasteiger partial charge in [0.2, 0.25) is 0 Å². The fraction of sp³-hybridized carbons (Fsp3) is 0.208. The van der Waals surface area contributed by atoms with Crippen LogP contribution in [0.3, 0.4) is 0 Å². The first-order chi connectivity index (χ1) is 14.7. The first-order valence-electron chi connectivity index (χ1n) is 9.83. The van der Waals surface area contributed by atoms with E-state index in [-0.39, 0.29) is 11.4 Å². The number of carbonyl (C=O) groups excluding carboxylic acids is 1. The van der Waals surface area contributed by atoms with Gasteiger partial charge in [-0.25, -0.2) is 4.79 Å². The topological polar surface area (TPSA) is 50.8 Å². The Balaban J connectivity index is 1.41. The molecule has 5 nitrogen and oxygen atoms in total. The maximum Gasteiger partial charge on any atom is 0.323 e. The highest BCUT2D eigenvalue weighted by molar-refractivity contribution is 7.99. The minimum absolute atomic E-state index is 0.0251. The minimum Gasteiger partial charge on any atom is -0.495 e. The van der Waals surface area contributed by atoms with Gasteiger partial charge < -0.3 is 19.7 Å². The SMILES string of the molecule is COc1ccccc1NC(=O)N1CCS[C@H]1c1ccc(OCc2ccccc2)cc1. The standard InChI is InChI=1S/C24H24N2O3S/c1-28-22-10-6-5-9-21(22)25-24(27)26-15-16-30-23(26)19-11-13-20(14-12-19)29-17-18-7-3-2-4-8-18/h2-14,23H,15-17H2,1H3,(H,25,27)/t23-/m0/s1. The summed E-state index contributed by atoms with van der Waals surface area (Å²) in [7, 11) is 1.60. The van der Waals surface area contributed by atoms with Crippen LogP contribution in [0.1, 0.15) is 16.5 Å². The van der Waals surface area contributed by atoms with Crippen molar-refractivity contribution in [3.05, 3.63) is 90.0 Å². The monoisotopic (exact) mass is 420 g/mol. The van der Waals surface area contributed by atoms with Crippen molar-refractivity contribution in [1.82, 2.24) is 4.90 Å². The van der Waals surface area contributed by atoms with Crippen molar-refractivity contribution in [3.8, 4) is 11.5 Å². The zero-order chi connectivity index (χ0) is 20.8. The molecule has 154 valence electrons. The van der Waals surface area contributed by atoms with E-state index in [0.29, 0.717) is 24.6 Å². The molecule has 2 amide bonds. The Morgan fingerprint density at radius 1 is 1.03 bits per heavy atom. The summed E-state index contributed by atoms with van der Waals surface area (Å²) >= 11 is 1.76. The number of para-hydroxylation sites is 2. The number of urea groups is 1. The summed E-state index contributed by atoms with van der Waals surface area (Å²) in [4.78, 5) is 14.8. The molecule has 30 heavy (non-hydrogen) atoms. The van der Waals surface area contributed by atoms with Gasteiger partial charge in [0.1, 0.15) is 23.5 Å². The Hall–Kier alpha value is -3.12. The van der Waals surface area contributed by atoms with Gasteiger partial charge in [-0.15, -0.1) is 11.8 Å². The number of hydrogen-bond donors (Lipinski definition) is 1. The van der Waals surface area contributed by atoms with E-state index in [9.17, 15) is 4.79 Å². The van der Waals surface area contributed by atoms with Crippen molar-refractivity contribution in [2.24, 2.45) is 0 Å². The molecule has 1 saturated heterocycles. The molecule has 0 saturated carbocycles. The van der Waals surface area contributed by atoms with E-state index in [2.05, 4.69) is 5.32 Å². The zero-order valence-electron chi connectivity index (χ0n) is 16.8. The smallest absolute Gasteiger partial charge is 0.323 e. The average molecular weight is 421 g/mol. The van der Waals surface area contributed by atoms with Crippen molar-refractivity contribution in [1.29, 1.82) is 0 Å². The maximum absolute atomic E-state index is 12.9. The predicted molar refractivity (Wildman–Crippen MR) is 121 cm³/mol. The van der Waals surface area contributed by atoms with Crippen LogP contribution >= 0.6 is 11.8 Å². The molecule has 1 atom stereocenters. The highest BCUT2D eigenvalue weighted by atomic mass is 32.2. The third-order valence-electron chi connectivity index (χ3n) is 4.91. The molecule has 1 aliphatic rings. The van der Waals surface area contributed by atoms with Crippen molar-refractivity contribution in [2.45, 2.75) is 12.0 Å². The molecule has 0 radical (unpaired) electrons. The molecule has 0 spiro atoms. The number of methoxy groups -OCH3 is 1. The number of nitrogens with zero attached hydrogens (tertiary/aromatic N) is 1. The molecule has 1 aliphatic heterocycles. The molecule has 3 aromatic carbocycles. The van der Waals surface area contributed by atoms with Gasteiger partial charge in [0, 0.05) is 12.3 Å². The number of nitrogens with one attached hydrogen (secondary N) is 1. The van der Waals surface area contributed by atoms with E-state index < -0.39 is 0 Å². The molecule has 0 aromatic heterocycles. The molecule has 1 fully saturated rings. The van der Waals surface area contributed by atoms with Crippen LogP contribution in [0.25, 0.3) is 0 Å². The number of amides is 2. The van der Waals surface area contributed by atoms with E-state index in [0.717, 1.165) is 22.6 Å². The summed E-state index contributed by atoms with van der Waals surface area (Å²) in [5.41, 5.74) is 2.89. The summed E-state index contributed by atoms with van der Waals surface area (Å²) < 4.78 is 11.2. The number of anilines is 1. The third kappa shape index (κ3) is 4.71. The Morgan fingerprint density at radius 3 is 2.53 bits per heavy atom. The second kappa shape index (κ2) is 9.59. The minimum atomic E-state index is -0.126. The van der Waals surface area contributed by atoms with Crippen LogP contribution in [0.2, 0.25) is 0 Å². The van der Waals surface area contributed by atoms with Crippen LogP contribution in [0, 0.1) is 0 Å². The largest absolute Gasteiger partial charge is 0.495 e. The van der Waals surface area contributed by atoms with E-state index in [1.807, 2.05) is 83.8 Å². The lowest BCUT2D eigenvalue weighted by atomic mass is 10.2. The predicted octanol–water partition coefficient (Wildman–Crippen LogP) is 5.55. The van der Waals surface area contributed by atoms with Crippen molar-refractivity contribution < 1.29 is 14.3 Å². The number of benzene rings is 3. The number of ether oxygens (including phenoxy) is 2.